The third-order valence-electron chi connectivity index (χ3n) is 5.25. The topological polar surface area (TPSA) is 27.7 Å². The Bertz CT molecular complexity index is 955. The van der Waals surface area contributed by atoms with Crippen molar-refractivity contribution in [3.8, 4) is 17.2 Å². The van der Waals surface area contributed by atoms with Crippen LogP contribution in [0.2, 0.25) is 0 Å². The van der Waals surface area contributed by atoms with Gasteiger partial charge in [0.05, 0.1) is 0 Å². The van der Waals surface area contributed by atoms with Gasteiger partial charge in [-0.05, 0) is 52.6 Å². The number of benzene rings is 3. The van der Waals surface area contributed by atoms with Gasteiger partial charge in [0.15, 0.2) is 0 Å². The maximum Gasteiger partial charge on any atom is 0.490 e. The minimum atomic E-state index is -3.25. The van der Waals surface area contributed by atoms with Crippen molar-refractivity contribution in [2.24, 2.45) is 0 Å². The van der Waals surface area contributed by atoms with Crippen LogP contribution in [-0.2, 0) is 11.8 Å². The summed E-state index contributed by atoms with van der Waals surface area (Å²) in [5.74, 6) is 2.95. The summed E-state index contributed by atoms with van der Waals surface area (Å²) in [6.45, 7) is 9.56. The van der Waals surface area contributed by atoms with E-state index in [1.807, 2.05) is 54.6 Å². The first-order valence-corrected chi connectivity index (χ1v) is 13.7. The van der Waals surface area contributed by atoms with Gasteiger partial charge in [0.25, 0.3) is 0 Å². The van der Waals surface area contributed by atoms with E-state index in [9.17, 15) is 0 Å². The van der Waals surface area contributed by atoms with E-state index in [1.54, 1.807) is 0 Å². The fraction of sp³-hybridized carbons (Fsp3) is 0.333. The van der Waals surface area contributed by atoms with E-state index < -0.39 is 6.72 Å². The third-order valence-corrected chi connectivity index (χ3v) is 7.19. The normalized spacial score (nSPS) is 11.8. The molecule has 0 amide bonds. The monoisotopic (exact) mass is 468 g/mol. The minimum Gasteiger partial charge on any atom is -0.407 e. The molecule has 0 fully saturated rings. The standard InChI is InChI=1S/C27H33O3PS/c1-19(2)22-13-7-10-16-25(22)28-31(32,29-26-17-11-8-14-23(26)20(3)4)30-27-18-12-9-15-24(27)21(5)6/h7-21H,1-6H3. The van der Waals surface area contributed by atoms with Gasteiger partial charge in [-0.3, -0.25) is 0 Å². The van der Waals surface area contributed by atoms with Crippen LogP contribution < -0.4 is 13.6 Å². The van der Waals surface area contributed by atoms with Crippen molar-refractivity contribution in [1.82, 2.24) is 0 Å². The van der Waals surface area contributed by atoms with Crippen LogP contribution in [0.5, 0.6) is 17.2 Å². The summed E-state index contributed by atoms with van der Waals surface area (Å²) in [5.41, 5.74) is 3.22. The lowest BCUT2D eigenvalue weighted by molar-refractivity contribution is 0.377. The Morgan fingerprint density at radius 3 is 1.00 bits per heavy atom. The highest BCUT2D eigenvalue weighted by Crippen LogP contribution is 2.53. The second-order valence-electron chi connectivity index (χ2n) is 8.80. The molecular weight excluding hydrogens is 435 g/mol. The first-order valence-electron chi connectivity index (χ1n) is 11.2. The highest BCUT2D eigenvalue weighted by Gasteiger charge is 2.30. The molecule has 0 N–H and O–H groups in total. The van der Waals surface area contributed by atoms with Gasteiger partial charge in [-0.1, -0.05) is 96.1 Å². The number of para-hydroxylation sites is 3. The number of rotatable bonds is 9. The molecule has 0 saturated heterocycles. The van der Waals surface area contributed by atoms with Crippen molar-refractivity contribution < 1.29 is 13.6 Å². The summed E-state index contributed by atoms with van der Waals surface area (Å²) in [7, 11) is 0. The summed E-state index contributed by atoms with van der Waals surface area (Å²) < 4.78 is 19.4. The Kier molecular flexibility index (Phi) is 8.03. The van der Waals surface area contributed by atoms with Crippen LogP contribution in [0.3, 0.4) is 0 Å². The maximum absolute atomic E-state index is 6.45. The lowest BCUT2D eigenvalue weighted by atomic mass is 10.0. The second-order valence-corrected chi connectivity index (χ2v) is 11.6. The van der Waals surface area contributed by atoms with Gasteiger partial charge in [0.1, 0.15) is 17.2 Å². The van der Waals surface area contributed by atoms with Crippen molar-refractivity contribution in [3.63, 3.8) is 0 Å². The largest absolute Gasteiger partial charge is 0.490 e. The molecule has 0 saturated carbocycles. The molecule has 5 heteroatoms. The molecule has 32 heavy (non-hydrogen) atoms. The molecule has 0 radical (unpaired) electrons. The molecule has 0 unspecified atom stereocenters. The van der Waals surface area contributed by atoms with Gasteiger partial charge in [-0.25, -0.2) is 0 Å². The zero-order valence-corrected chi connectivity index (χ0v) is 21.5. The van der Waals surface area contributed by atoms with Crippen LogP contribution in [0.25, 0.3) is 0 Å². The molecule has 0 spiro atoms. The van der Waals surface area contributed by atoms with Crippen LogP contribution in [0.15, 0.2) is 72.8 Å². The van der Waals surface area contributed by atoms with Crippen molar-refractivity contribution in [2.75, 3.05) is 0 Å². The maximum atomic E-state index is 6.45. The molecule has 0 aliphatic carbocycles. The highest BCUT2D eigenvalue weighted by atomic mass is 32.5. The zero-order valence-electron chi connectivity index (χ0n) is 19.7. The predicted octanol–water partition coefficient (Wildman–Crippen LogP) is 8.82. The molecule has 0 aliphatic heterocycles. The second kappa shape index (κ2) is 10.6. The Morgan fingerprint density at radius 1 is 0.500 bits per heavy atom. The zero-order chi connectivity index (χ0) is 23.3. The van der Waals surface area contributed by atoms with Crippen molar-refractivity contribution >= 4 is 18.5 Å². The van der Waals surface area contributed by atoms with Crippen LogP contribution in [0.4, 0.5) is 0 Å². The van der Waals surface area contributed by atoms with Gasteiger partial charge in [0.2, 0.25) is 0 Å². The summed E-state index contributed by atoms with van der Waals surface area (Å²) in [5, 5.41) is 0. The first-order chi connectivity index (χ1) is 15.2. The number of hydrogen-bond donors (Lipinski definition) is 0. The van der Waals surface area contributed by atoms with Crippen molar-refractivity contribution in [2.45, 2.75) is 59.3 Å². The first kappa shape index (κ1) is 24.4. The fourth-order valence-corrected chi connectivity index (χ4v) is 5.60. The lowest BCUT2D eigenvalue weighted by Gasteiger charge is -2.27. The van der Waals surface area contributed by atoms with Gasteiger partial charge in [-0.15, -0.1) is 0 Å². The molecular formula is C27H33O3PS. The van der Waals surface area contributed by atoms with Crippen LogP contribution >= 0.6 is 6.72 Å². The molecule has 3 aromatic rings. The van der Waals surface area contributed by atoms with E-state index in [-0.39, 0.29) is 17.8 Å². The molecule has 0 bridgehead atoms. The molecule has 3 aromatic carbocycles. The fourth-order valence-electron chi connectivity index (χ4n) is 3.54. The molecule has 3 nitrogen and oxygen atoms in total. The SMILES string of the molecule is CC(C)c1ccccc1OP(=S)(Oc1ccccc1C(C)C)Oc1ccccc1C(C)C. The van der Waals surface area contributed by atoms with E-state index in [2.05, 4.69) is 59.7 Å². The van der Waals surface area contributed by atoms with E-state index in [1.165, 1.54) is 0 Å². The quantitative estimate of drug-likeness (QED) is 0.293. The Hall–Kier alpha value is -2.29. The van der Waals surface area contributed by atoms with Crippen LogP contribution in [0.1, 0.15) is 76.0 Å². The van der Waals surface area contributed by atoms with Gasteiger partial charge < -0.3 is 13.6 Å². The predicted molar refractivity (Wildman–Crippen MR) is 138 cm³/mol. The summed E-state index contributed by atoms with van der Waals surface area (Å²) in [6.07, 6.45) is 0. The number of hydrogen-bond acceptors (Lipinski definition) is 4. The molecule has 0 atom stereocenters. The molecule has 3 rings (SSSR count). The van der Waals surface area contributed by atoms with E-state index in [0.29, 0.717) is 17.2 Å². The average molecular weight is 469 g/mol. The third kappa shape index (κ3) is 5.94. The Morgan fingerprint density at radius 2 is 0.750 bits per heavy atom. The minimum absolute atomic E-state index is 0.278. The highest BCUT2D eigenvalue weighted by molar-refractivity contribution is 8.08. The molecule has 170 valence electrons. The van der Waals surface area contributed by atoms with Crippen LogP contribution in [0, 0.1) is 0 Å². The van der Waals surface area contributed by atoms with Gasteiger partial charge >= 0.3 is 6.72 Å². The van der Waals surface area contributed by atoms with Crippen molar-refractivity contribution in [3.05, 3.63) is 89.5 Å². The smallest absolute Gasteiger partial charge is 0.407 e. The van der Waals surface area contributed by atoms with Crippen LogP contribution in [-0.4, -0.2) is 0 Å². The summed E-state index contributed by atoms with van der Waals surface area (Å²) >= 11 is 6.03. The molecule has 0 aromatic heterocycles. The van der Waals surface area contributed by atoms with E-state index in [0.717, 1.165) is 16.7 Å². The van der Waals surface area contributed by atoms with E-state index in [4.69, 9.17) is 25.4 Å². The van der Waals surface area contributed by atoms with E-state index >= 15 is 0 Å². The Balaban J connectivity index is 2.07. The van der Waals surface area contributed by atoms with Gasteiger partial charge in [0, 0.05) is 11.8 Å². The Labute approximate surface area is 198 Å². The molecule has 0 heterocycles. The summed E-state index contributed by atoms with van der Waals surface area (Å²) in [6, 6.07) is 23.9. The average Bonchev–Trinajstić information content (AvgIpc) is 2.74. The van der Waals surface area contributed by atoms with Gasteiger partial charge in [-0.2, -0.15) is 0 Å². The summed E-state index contributed by atoms with van der Waals surface area (Å²) in [4.78, 5) is 0. The molecule has 0 aliphatic rings. The van der Waals surface area contributed by atoms with Crippen molar-refractivity contribution in [1.29, 1.82) is 0 Å². The lowest BCUT2D eigenvalue weighted by Crippen LogP contribution is -2.11.